The highest BCUT2D eigenvalue weighted by atomic mass is 35.6. The van der Waals surface area contributed by atoms with Gasteiger partial charge in [0, 0.05) is 5.56 Å². The van der Waals surface area contributed by atoms with E-state index in [1.165, 1.54) is 0 Å². The Morgan fingerprint density at radius 2 is 1.71 bits per heavy atom. The van der Waals surface area contributed by atoms with Gasteiger partial charge in [0.2, 0.25) is 3.79 Å². The van der Waals surface area contributed by atoms with E-state index in [4.69, 9.17) is 34.8 Å². The van der Waals surface area contributed by atoms with E-state index in [0.29, 0.717) is 12.0 Å². The van der Waals surface area contributed by atoms with Crippen molar-refractivity contribution in [1.29, 1.82) is 0 Å². The summed E-state index contributed by atoms with van der Waals surface area (Å²) in [4.78, 5) is 0. The Morgan fingerprint density at radius 1 is 1.21 bits per heavy atom. The molecule has 0 aromatic heterocycles. The average molecular weight is 254 g/mol. The van der Waals surface area contributed by atoms with E-state index in [-0.39, 0.29) is 0 Å². The lowest BCUT2D eigenvalue weighted by Gasteiger charge is -2.13. The first-order chi connectivity index (χ1) is 6.45. The van der Waals surface area contributed by atoms with Gasteiger partial charge in [-0.3, -0.25) is 0 Å². The summed E-state index contributed by atoms with van der Waals surface area (Å²) in [5, 5.41) is 9.52. The number of hydrogen-bond acceptors (Lipinski definition) is 1. The van der Waals surface area contributed by atoms with Crippen molar-refractivity contribution in [3.63, 3.8) is 0 Å². The van der Waals surface area contributed by atoms with Crippen LogP contribution in [0, 0.1) is 0 Å². The lowest BCUT2D eigenvalue weighted by molar-refractivity contribution is 0.173. The Balaban J connectivity index is 2.89. The topological polar surface area (TPSA) is 20.2 Å². The predicted octanol–water partition coefficient (Wildman–Crippen LogP) is 3.96. The van der Waals surface area contributed by atoms with E-state index in [1.54, 1.807) is 24.3 Å². The normalized spacial score (nSPS) is 14.1. The van der Waals surface area contributed by atoms with Crippen LogP contribution in [-0.4, -0.2) is 5.11 Å². The van der Waals surface area contributed by atoms with Crippen molar-refractivity contribution in [1.82, 2.24) is 0 Å². The third-order valence-electron chi connectivity index (χ3n) is 2.01. The second kappa shape index (κ2) is 4.71. The molecule has 0 radical (unpaired) electrons. The number of rotatable bonds is 2. The van der Waals surface area contributed by atoms with Crippen LogP contribution < -0.4 is 0 Å². The number of aliphatic hydroxyl groups excluding tert-OH is 1. The fourth-order valence-electron chi connectivity index (χ4n) is 1.13. The van der Waals surface area contributed by atoms with Crippen LogP contribution in [0.15, 0.2) is 24.3 Å². The van der Waals surface area contributed by atoms with Crippen molar-refractivity contribution in [2.45, 2.75) is 23.2 Å². The molecule has 4 heteroatoms. The van der Waals surface area contributed by atoms with Crippen molar-refractivity contribution in [3.8, 4) is 0 Å². The maximum absolute atomic E-state index is 9.52. The molecule has 14 heavy (non-hydrogen) atoms. The molecule has 78 valence electrons. The zero-order chi connectivity index (χ0) is 10.8. The molecule has 0 aliphatic heterocycles. The minimum absolute atomic E-state index is 0.445. The molecule has 0 bridgehead atoms. The molecular weight excluding hydrogens is 242 g/mol. The largest absolute Gasteiger partial charge is 0.388 e. The summed E-state index contributed by atoms with van der Waals surface area (Å²) in [5.41, 5.74) is 1.44. The van der Waals surface area contributed by atoms with Gasteiger partial charge in [-0.05, 0) is 12.0 Å². The molecule has 0 saturated heterocycles. The Kier molecular flexibility index (Phi) is 4.08. The maximum Gasteiger partial charge on any atom is 0.216 e. The fourth-order valence-corrected chi connectivity index (χ4v) is 1.51. The molecule has 0 saturated carbocycles. The van der Waals surface area contributed by atoms with Gasteiger partial charge in [0.05, 0.1) is 6.10 Å². The van der Waals surface area contributed by atoms with E-state index in [2.05, 4.69) is 0 Å². The molecule has 0 spiro atoms. The molecule has 0 heterocycles. The molecule has 1 aromatic rings. The van der Waals surface area contributed by atoms with E-state index in [1.807, 2.05) is 6.92 Å². The third-order valence-corrected chi connectivity index (χ3v) is 2.66. The fraction of sp³-hybridized carbons (Fsp3) is 0.400. The summed E-state index contributed by atoms with van der Waals surface area (Å²) in [7, 11) is 0. The van der Waals surface area contributed by atoms with Crippen LogP contribution in [0.1, 0.15) is 30.6 Å². The Bertz CT molecular complexity index is 289. The summed E-state index contributed by atoms with van der Waals surface area (Å²) in [6.45, 7) is 1.91. The molecule has 1 atom stereocenters. The zero-order valence-corrected chi connectivity index (χ0v) is 9.94. The highest BCUT2D eigenvalue weighted by Crippen LogP contribution is 2.38. The molecule has 0 fully saturated rings. The Hall–Kier alpha value is 0.0500. The molecule has 1 rings (SSSR count). The third kappa shape index (κ3) is 3.03. The molecule has 1 N–H and O–H groups in total. The van der Waals surface area contributed by atoms with Crippen LogP contribution in [0.5, 0.6) is 0 Å². The SMILES string of the molecule is CCC(O)c1ccc(C(Cl)(Cl)Cl)cc1. The van der Waals surface area contributed by atoms with Gasteiger partial charge in [0.15, 0.2) is 0 Å². The lowest BCUT2D eigenvalue weighted by Crippen LogP contribution is -2.01. The average Bonchev–Trinajstić information content (AvgIpc) is 2.15. The molecule has 1 nitrogen and oxygen atoms in total. The zero-order valence-electron chi connectivity index (χ0n) is 7.67. The predicted molar refractivity (Wildman–Crippen MR) is 60.9 cm³/mol. The lowest BCUT2D eigenvalue weighted by atomic mass is 10.1. The summed E-state index contributed by atoms with van der Waals surface area (Å²) in [6.07, 6.45) is 0.229. The summed E-state index contributed by atoms with van der Waals surface area (Å²) in [5.74, 6) is 0. The summed E-state index contributed by atoms with van der Waals surface area (Å²) in [6, 6.07) is 6.96. The minimum Gasteiger partial charge on any atom is -0.388 e. The van der Waals surface area contributed by atoms with Gasteiger partial charge in [-0.1, -0.05) is 66.0 Å². The van der Waals surface area contributed by atoms with Gasteiger partial charge in [0.1, 0.15) is 0 Å². The van der Waals surface area contributed by atoms with Crippen molar-refractivity contribution in [3.05, 3.63) is 35.4 Å². The Morgan fingerprint density at radius 3 is 2.07 bits per heavy atom. The minimum atomic E-state index is -1.39. The van der Waals surface area contributed by atoms with Crippen molar-refractivity contribution >= 4 is 34.8 Å². The van der Waals surface area contributed by atoms with Crippen molar-refractivity contribution < 1.29 is 5.11 Å². The van der Waals surface area contributed by atoms with Gasteiger partial charge in [-0.2, -0.15) is 0 Å². The Labute approximate surface area is 98.6 Å². The first-order valence-electron chi connectivity index (χ1n) is 4.30. The standard InChI is InChI=1S/C10H11Cl3O/c1-2-9(14)7-3-5-8(6-4-7)10(11,12)13/h3-6,9,14H,2H2,1H3. The van der Waals surface area contributed by atoms with Crippen molar-refractivity contribution in [2.75, 3.05) is 0 Å². The van der Waals surface area contributed by atoms with E-state index in [0.717, 1.165) is 5.56 Å². The maximum atomic E-state index is 9.52. The van der Waals surface area contributed by atoms with Gasteiger partial charge in [0.25, 0.3) is 0 Å². The highest BCUT2D eigenvalue weighted by molar-refractivity contribution is 6.66. The first kappa shape index (κ1) is 12.1. The number of alkyl halides is 3. The quantitative estimate of drug-likeness (QED) is 0.791. The van der Waals surface area contributed by atoms with E-state index in [9.17, 15) is 5.11 Å². The van der Waals surface area contributed by atoms with Crippen LogP contribution in [0.3, 0.4) is 0 Å². The second-order valence-electron chi connectivity index (χ2n) is 3.04. The van der Waals surface area contributed by atoms with Crippen LogP contribution in [-0.2, 0) is 3.79 Å². The summed E-state index contributed by atoms with van der Waals surface area (Å²) >= 11 is 17.1. The smallest absolute Gasteiger partial charge is 0.216 e. The second-order valence-corrected chi connectivity index (χ2v) is 5.33. The van der Waals surface area contributed by atoms with Crippen LogP contribution in [0.25, 0.3) is 0 Å². The van der Waals surface area contributed by atoms with Crippen LogP contribution in [0.2, 0.25) is 0 Å². The van der Waals surface area contributed by atoms with E-state index < -0.39 is 9.90 Å². The van der Waals surface area contributed by atoms with Crippen molar-refractivity contribution in [2.24, 2.45) is 0 Å². The number of aliphatic hydroxyl groups is 1. The van der Waals surface area contributed by atoms with Gasteiger partial charge in [-0.15, -0.1) is 0 Å². The highest BCUT2D eigenvalue weighted by Gasteiger charge is 2.22. The van der Waals surface area contributed by atoms with Gasteiger partial charge in [-0.25, -0.2) is 0 Å². The molecule has 0 aliphatic carbocycles. The van der Waals surface area contributed by atoms with Gasteiger partial charge >= 0.3 is 0 Å². The first-order valence-corrected chi connectivity index (χ1v) is 5.43. The molecule has 1 unspecified atom stereocenters. The van der Waals surface area contributed by atoms with Crippen LogP contribution >= 0.6 is 34.8 Å². The van der Waals surface area contributed by atoms with E-state index >= 15 is 0 Å². The molecule has 0 aliphatic rings. The monoisotopic (exact) mass is 252 g/mol. The summed E-state index contributed by atoms with van der Waals surface area (Å²) < 4.78 is -1.39. The molecular formula is C10H11Cl3O. The number of halogens is 3. The van der Waals surface area contributed by atoms with Gasteiger partial charge < -0.3 is 5.11 Å². The molecule has 1 aromatic carbocycles. The number of hydrogen-bond donors (Lipinski definition) is 1. The van der Waals surface area contributed by atoms with Crippen LogP contribution in [0.4, 0.5) is 0 Å². The molecule has 0 amide bonds. The number of benzene rings is 1.